The van der Waals surface area contributed by atoms with Crippen molar-refractivity contribution in [3.05, 3.63) is 0 Å². The Balaban J connectivity index is 2.61. The normalized spacial score (nSPS) is 15.3. The Hall–Kier alpha value is -1.83. The van der Waals surface area contributed by atoms with Gasteiger partial charge in [0.05, 0.1) is 0 Å². The van der Waals surface area contributed by atoms with Gasteiger partial charge in [-0.1, -0.05) is 5.92 Å². The molecule has 1 aliphatic rings. The molecule has 0 spiro atoms. The Morgan fingerprint density at radius 2 is 1.92 bits per heavy atom. The van der Waals surface area contributed by atoms with Crippen molar-refractivity contribution in [3.63, 3.8) is 0 Å². The predicted molar refractivity (Wildman–Crippen MR) is 40.6 cm³/mol. The average Bonchev–Trinajstić information content (AvgIpc) is 2.36. The molecule has 0 radical (unpaired) electrons. The molecule has 0 unspecified atom stereocenters. The molecule has 0 bridgehead atoms. The molecule has 0 N–H and O–H groups in total. The first-order chi connectivity index (χ1) is 6.15. The fourth-order valence-corrected chi connectivity index (χ4v) is 0.866. The molecule has 0 aromatic carbocycles. The number of carbonyl (C=O) groups is 3. The van der Waals surface area contributed by atoms with Crippen molar-refractivity contribution in [2.45, 2.75) is 19.8 Å². The predicted octanol–water partition coefficient (Wildman–Crippen LogP) is -0.383. The fraction of sp³-hybridized carbons (Fsp3) is 0.375. The van der Waals surface area contributed by atoms with Crippen LogP contribution in [-0.4, -0.2) is 22.8 Å². The van der Waals surface area contributed by atoms with Crippen LogP contribution >= 0.6 is 0 Å². The summed E-state index contributed by atoms with van der Waals surface area (Å²) in [5, 5.41) is 0.465. The third-order valence-electron chi connectivity index (χ3n) is 1.41. The Morgan fingerprint density at radius 1 is 1.38 bits per heavy atom. The van der Waals surface area contributed by atoms with E-state index >= 15 is 0 Å². The molecule has 2 amide bonds. The molecule has 13 heavy (non-hydrogen) atoms. The summed E-state index contributed by atoms with van der Waals surface area (Å²) in [7, 11) is 0. The van der Waals surface area contributed by atoms with Crippen LogP contribution in [0, 0.1) is 11.8 Å². The second kappa shape index (κ2) is 3.72. The summed E-state index contributed by atoms with van der Waals surface area (Å²) in [6.07, 6.45) is 0.178. The number of nitrogens with zero attached hydrogens (tertiary/aromatic N) is 1. The number of carbonyl (C=O) groups excluding carboxylic acids is 3. The highest BCUT2D eigenvalue weighted by Crippen LogP contribution is 2.11. The third-order valence-corrected chi connectivity index (χ3v) is 1.41. The minimum atomic E-state index is -0.897. The Kier molecular flexibility index (Phi) is 2.65. The van der Waals surface area contributed by atoms with E-state index in [4.69, 9.17) is 0 Å². The molecule has 0 atom stereocenters. The molecule has 0 aromatic rings. The summed E-state index contributed by atoms with van der Waals surface area (Å²) in [6, 6.07) is 0. The minimum Gasteiger partial charge on any atom is -0.318 e. The van der Waals surface area contributed by atoms with Gasteiger partial charge >= 0.3 is 5.97 Å². The molecule has 1 heterocycles. The van der Waals surface area contributed by atoms with E-state index in [0.717, 1.165) is 0 Å². The van der Waals surface area contributed by atoms with Gasteiger partial charge in [-0.2, -0.15) is 0 Å². The standard InChI is InChI=1S/C8H7NO4/c1-2-3-8(12)13-9-6(10)4-5-7(9)11/h4-5H2,1H3. The summed E-state index contributed by atoms with van der Waals surface area (Å²) < 4.78 is 0. The number of rotatable bonds is 1. The summed E-state index contributed by atoms with van der Waals surface area (Å²) in [6.45, 7) is 1.45. The molecule has 0 aliphatic carbocycles. The third kappa shape index (κ3) is 2.06. The van der Waals surface area contributed by atoms with E-state index in [1.54, 1.807) is 0 Å². The largest absolute Gasteiger partial charge is 0.409 e. The van der Waals surface area contributed by atoms with E-state index in [-0.39, 0.29) is 12.8 Å². The van der Waals surface area contributed by atoms with Crippen molar-refractivity contribution < 1.29 is 19.2 Å². The molecule has 1 fully saturated rings. The Bertz CT molecular complexity index is 307. The highest BCUT2D eigenvalue weighted by Gasteiger charge is 2.32. The quantitative estimate of drug-likeness (QED) is 0.408. The molecule has 1 rings (SSSR count). The van der Waals surface area contributed by atoms with Crippen molar-refractivity contribution >= 4 is 17.8 Å². The topological polar surface area (TPSA) is 63.7 Å². The van der Waals surface area contributed by atoms with Gasteiger partial charge in [-0.15, -0.1) is 5.06 Å². The van der Waals surface area contributed by atoms with Crippen LogP contribution in [0.1, 0.15) is 19.8 Å². The number of hydrogen-bond donors (Lipinski definition) is 0. The minimum absolute atomic E-state index is 0.0890. The smallest absolute Gasteiger partial charge is 0.318 e. The lowest BCUT2D eigenvalue weighted by Gasteiger charge is -2.09. The van der Waals surface area contributed by atoms with Crippen LogP contribution < -0.4 is 0 Å². The second-order valence-electron chi connectivity index (χ2n) is 2.34. The van der Waals surface area contributed by atoms with E-state index in [1.165, 1.54) is 6.92 Å². The van der Waals surface area contributed by atoms with Gasteiger partial charge in [-0.3, -0.25) is 9.59 Å². The van der Waals surface area contributed by atoms with Gasteiger partial charge in [-0.25, -0.2) is 4.79 Å². The molecule has 0 saturated carbocycles. The Labute approximate surface area is 74.6 Å². The van der Waals surface area contributed by atoms with Crippen LogP contribution in [0.25, 0.3) is 0 Å². The summed E-state index contributed by atoms with van der Waals surface area (Å²) in [5.74, 6) is 2.45. The highest BCUT2D eigenvalue weighted by atomic mass is 16.7. The van der Waals surface area contributed by atoms with Gasteiger partial charge in [-0.05, 0) is 6.92 Å². The van der Waals surface area contributed by atoms with Gasteiger partial charge in [0.25, 0.3) is 11.8 Å². The molecule has 1 saturated heterocycles. The summed E-state index contributed by atoms with van der Waals surface area (Å²) >= 11 is 0. The first-order valence-corrected chi connectivity index (χ1v) is 3.65. The average molecular weight is 181 g/mol. The van der Waals surface area contributed by atoms with Crippen molar-refractivity contribution in [3.8, 4) is 11.8 Å². The van der Waals surface area contributed by atoms with Crippen LogP contribution in [0.5, 0.6) is 0 Å². The van der Waals surface area contributed by atoms with Crippen LogP contribution in [0.15, 0.2) is 0 Å². The van der Waals surface area contributed by atoms with Gasteiger partial charge in [0.15, 0.2) is 0 Å². The zero-order valence-corrected chi connectivity index (χ0v) is 6.99. The van der Waals surface area contributed by atoms with Gasteiger partial charge in [0, 0.05) is 18.8 Å². The summed E-state index contributed by atoms with van der Waals surface area (Å²) in [4.78, 5) is 37.0. The molecule has 68 valence electrons. The van der Waals surface area contributed by atoms with Gasteiger partial charge in [0.2, 0.25) is 0 Å². The van der Waals surface area contributed by atoms with E-state index in [1.807, 2.05) is 0 Å². The lowest BCUT2D eigenvalue weighted by Crippen LogP contribution is -2.31. The monoisotopic (exact) mass is 181 g/mol. The van der Waals surface area contributed by atoms with Crippen molar-refractivity contribution in [1.29, 1.82) is 0 Å². The fourth-order valence-electron chi connectivity index (χ4n) is 0.866. The number of hydroxylamine groups is 2. The maximum absolute atomic E-state index is 10.9. The van der Waals surface area contributed by atoms with E-state index < -0.39 is 17.8 Å². The maximum atomic E-state index is 10.9. The van der Waals surface area contributed by atoms with Gasteiger partial charge in [0.1, 0.15) is 0 Å². The van der Waals surface area contributed by atoms with Crippen molar-refractivity contribution in [1.82, 2.24) is 5.06 Å². The first-order valence-electron chi connectivity index (χ1n) is 3.65. The zero-order valence-electron chi connectivity index (χ0n) is 6.99. The number of hydrogen-bond acceptors (Lipinski definition) is 4. The van der Waals surface area contributed by atoms with Crippen molar-refractivity contribution in [2.75, 3.05) is 0 Å². The van der Waals surface area contributed by atoms with Crippen molar-refractivity contribution in [2.24, 2.45) is 0 Å². The molecular weight excluding hydrogens is 174 g/mol. The molecule has 5 nitrogen and oxygen atoms in total. The van der Waals surface area contributed by atoms with Gasteiger partial charge < -0.3 is 4.84 Å². The number of imide groups is 1. The molecule has 0 aromatic heterocycles. The second-order valence-corrected chi connectivity index (χ2v) is 2.34. The van der Waals surface area contributed by atoms with E-state index in [2.05, 4.69) is 16.7 Å². The lowest BCUT2D eigenvalue weighted by molar-refractivity contribution is -0.193. The maximum Gasteiger partial charge on any atom is 0.409 e. The van der Waals surface area contributed by atoms with Crippen LogP contribution in [-0.2, 0) is 19.2 Å². The molecule has 1 aliphatic heterocycles. The molecule has 5 heteroatoms. The van der Waals surface area contributed by atoms with Crippen LogP contribution in [0.4, 0.5) is 0 Å². The highest BCUT2D eigenvalue weighted by molar-refractivity contribution is 6.02. The number of amides is 2. The summed E-state index contributed by atoms with van der Waals surface area (Å²) in [5.41, 5.74) is 0. The molecular formula is C8H7NO4. The lowest BCUT2D eigenvalue weighted by atomic mass is 10.4. The Morgan fingerprint density at radius 3 is 2.38 bits per heavy atom. The first kappa shape index (κ1) is 9.26. The van der Waals surface area contributed by atoms with Crippen LogP contribution in [0.3, 0.4) is 0 Å². The SMILES string of the molecule is CC#CC(=O)ON1C(=O)CCC1=O. The van der Waals surface area contributed by atoms with Crippen LogP contribution in [0.2, 0.25) is 0 Å². The van der Waals surface area contributed by atoms with E-state index in [0.29, 0.717) is 5.06 Å². The van der Waals surface area contributed by atoms with E-state index in [9.17, 15) is 14.4 Å². The zero-order chi connectivity index (χ0) is 9.84.